The second-order valence-electron chi connectivity index (χ2n) is 4.67. The zero-order valence-electron chi connectivity index (χ0n) is 11.5. The second-order valence-corrected chi connectivity index (χ2v) is 4.67. The van der Waals surface area contributed by atoms with Crippen LogP contribution in [-0.4, -0.2) is 7.05 Å². The van der Waals surface area contributed by atoms with Crippen molar-refractivity contribution in [3.63, 3.8) is 0 Å². The van der Waals surface area contributed by atoms with Crippen LogP contribution in [-0.2, 0) is 6.54 Å². The Morgan fingerprint density at radius 2 is 1.79 bits per heavy atom. The van der Waals surface area contributed by atoms with Gasteiger partial charge >= 0.3 is 0 Å². The molecule has 1 N–H and O–H groups in total. The first-order valence-corrected chi connectivity index (χ1v) is 6.28. The molecule has 0 aromatic heterocycles. The molecule has 0 saturated carbocycles. The van der Waals surface area contributed by atoms with Gasteiger partial charge in [-0.05, 0) is 50.2 Å². The van der Waals surface area contributed by atoms with Crippen LogP contribution in [0.2, 0.25) is 0 Å². The van der Waals surface area contributed by atoms with Crippen LogP contribution in [0.25, 0.3) is 0 Å². The van der Waals surface area contributed by atoms with E-state index < -0.39 is 0 Å². The summed E-state index contributed by atoms with van der Waals surface area (Å²) in [6.45, 7) is 4.61. The number of rotatable bonds is 4. The number of benzene rings is 2. The van der Waals surface area contributed by atoms with Gasteiger partial charge in [0, 0.05) is 6.54 Å². The van der Waals surface area contributed by atoms with E-state index in [1.165, 1.54) is 6.07 Å². The van der Waals surface area contributed by atoms with Crippen molar-refractivity contribution in [3.05, 3.63) is 58.9 Å². The second kappa shape index (κ2) is 5.85. The van der Waals surface area contributed by atoms with Crippen LogP contribution in [0.15, 0.2) is 36.4 Å². The number of hydrogen-bond acceptors (Lipinski definition) is 2. The zero-order valence-corrected chi connectivity index (χ0v) is 11.5. The first-order chi connectivity index (χ1) is 9.10. The van der Waals surface area contributed by atoms with Crippen LogP contribution in [0.4, 0.5) is 4.39 Å². The molecule has 0 atom stereocenters. The van der Waals surface area contributed by atoms with E-state index in [1.54, 1.807) is 6.07 Å². The van der Waals surface area contributed by atoms with E-state index in [0.29, 0.717) is 12.3 Å². The lowest BCUT2D eigenvalue weighted by atomic mass is 10.1. The van der Waals surface area contributed by atoms with Crippen LogP contribution in [0, 0.1) is 19.7 Å². The van der Waals surface area contributed by atoms with E-state index >= 15 is 0 Å². The maximum absolute atomic E-state index is 13.9. The lowest BCUT2D eigenvalue weighted by Crippen LogP contribution is -2.05. The highest BCUT2D eigenvalue weighted by atomic mass is 19.1. The summed E-state index contributed by atoms with van der Waals surface area (Å²) in [7, 11) is 1.83. The Morgan fingerprint density at radius 3 is 2.42 bits per heavy atom. The molecule has 0 fully saturated rings. The fourth-order valence-electron chi connectivity index (χ4n) is 1.97. The maximum atomic E-state index is 13.9. The molecule has 0 aliphatic heterocycles. The van der Waals surface area contributed by atoms with E-state index in [0.717, 1.165) is 16.7 Å². The number of halogens is 1. The average Bonchev–Trinajstić information content (AvgIpc) is 2.36. The lowest BCUT2D eigenvalue weighted by molar-refractivity contribution is 0.438. The van der Waals surface area contributed by atoms with Crippen LogP contribution in [0.1, 0.15) is 16.7 Å². The summed E-state index contributed by atoms with van der Waals surface area (Å²) >= 11 is 0. The standard InChI is InChI=1S/C16H18FNO/c1-11-4-6-15(12(2)8-11)19-16-7-5-13(10-18-3)9-14(16)17/h4-9,18H,10H2,1-3H3. The molecule has 0 amide bonds. The predicted octanol–water partition coefficient (Wildman–Crippen LogP) is 3.95. The highest BCUT2D eigenvalue weighted by molar-refractivity contribution is 5.40. The van der Waals surface area contributed by atoms with Gasteiger partial charge in [-0.2, -0.15) is 0 Å². The van der Waals surface area contributed by atoms with Gasteiger partial charge in [0.05, 0.1) is 0 Å². The van der Waals surface area contributed by atoms with Crippen molar-refractivity contribution >= 4 is 0 Å². The topological polar surface area (TPSA) is 21.3 Å². The van der Waals surface area contributed by atoms with Crippen LogP contribution < -0.4 is 10.1 Å². The van der Waals surface area contributed by atoms with Gasteiger partial charge in [-0.3, -0.25) is 0 Å². The number of nitrogens with one attached hydrogen (secondary N) is 1. The van der Waals surface area contributed by atoms with Gasteiger partial charge in [0.2, 0.25) is 0 Å². The van der Waals surface area contributed by atoms with Gasteiger partial charge in [0.15, 0.2) is 11.6 Å². The normalized spacial score (nSPS) is 10.5. The van der Waals surface area contributed by atoms with E-state index in [-0.39, 0.29) is 11.6 Å². The fourth-order valence-corrected chi connectivity index (χ4v) is 1.97. The highest BCUT2D eigenvalue weighted by Gasteiger charge is 2.07. The number of hydrogen-bond donors (Lipinski definition) is 1. The molecular weight excluding hydrogens is 241 g/mol. The molecule has 0 saturated heterocycles. The van der Waals surface area contributed by atoms with Gasteiger partial charge in [0.25, 0.3) is 0 Å². The van der Waals surface area contributed by atoms with Crippen molar-refractivity contribution in [2.45, 2.75) is 20.4 Å². The molecule has 0 radical (unpaired) electrons. The maximum Gasteiger partial charge on any atom is 0.166 e. The summed E-state index contributed by atoms with van der Waals surface area (Å²) < 4.78 is 19.5. The Hall–Kier alpha value is -1.87. The average molecular weight is 259 g/mol. The van der Waals surface area contributed by atoms with Gasteiger partial charge in [-0.1, -0.05) is 23.8 Å². The third-order valence-electron chi connectivity index (χ3n) is 2.93. The number of aryl methyl sites for hydroxylation is 2. The van der Waals surface area contributed by atoms with Gasteiger partial charge in [0.1, 0.15) is 5.75 Å². The van der Waals surface area contributed by atoms with Crippen molar-refractivity contribution < 1.29 is 9.13 Å². The molecule has 2 nitrogen and oxygen atoms in total. The Morgan fingerprint density at radius 1 is 1.05 bits per heavy atom. The first-order valence-electron chi connectivity index (χ1n) is 6.28. The number of ether oxygens (including phenoxy) is 1. The van der Waals surface area contributed by atoms with Crippen LogP contribution in [0.3, 0.4) is 0 Å². The Bertz CT molecular complexity index is 581. The molecule has 0 bridgehead atoms. The molecule has 0 unspecified atom stereocenters. The molecule has 2 aromatic rings. The largest absolute Gasteiger partial charge is 0.454 e. The third kappa shape index (κ3) is 3.32. The summed E-state index contributed by atoms with van der Waals surface area (Å²) in [5.74, 6) is 0.602. The summed E-state index contributed by atoms with van der Waals surface area (Å²) in [6, 6.07) is 10.9. The summed E-state index contributed by atoms with van der Waals surface area (Å²) in [6.07, 6.45) is 0. The minimum atomic E-state index is -0.340. The molecule has 2 aromatic carbocycles. The molecule has 0 heterocycles. The predicted molar refractivity (Wildman–Crippen MR) is 75.2 cm³/mol. The molecule has 3 heteroatoms. The van der Waals surface area contributed by atoms with Gasteiger partial charge < -0.3 is 10.1 Å². The highest BCUT2D eigenvalue weighted by Crippen LogP contribution is 2.28. The van der Waals surface area contributed by atoms with Crippen molar-refractivity contribution in [1.82, 2.24) is 5.32 Å². The molecule has 19 heavy (non-hydrogen) atoms. The van der Waals surface area contributed by atoms with Gasteiger partial charge in [-0.25, -0.2) is 4.39 Å². The quantitative estimate of drug-likeness (QED) is 0.897. The van der Waals surface area contributed by atoms with Crippen LogP contribution in [0.5, 0.6) is 11.5 Å². The van der Waals surface area contributed by atoms with E-state index in [2.05, 4.69) is 5.32 Å². The van der Waals surface area contributed by atoms with Gasteiger partial charge in [-0.15, -0.1) is 0 Å². The SMILES string of the molecule is CNCc1ccc(Oc2ccc(C)cc2C)c(F)c1. The van der Waals surface area contributed by atoms with Crippen molar-refractivity contribution in [2.24, 2.45) is 0 Å². The van der Waals surface area contributed by atoms with E-state index in [1.807, 2.05) is 45.2 Å². The summed E-state index contributed by atoms with van der Waals surface area (Å²) in [4.78, 5) is 0. The molecule has 2 rings (SSSR count). The zero-order chi connectivity index (χ0) is 13.8. The molecule has 0 aliphatic carbocycles. The molecule has 0 spiro atoms. The monoisotopic (exact) mass is 259 g/mol. The first kappa shape index (κ1) is 13.6. The Labute approximate surface area is 113 Å². The lowest BCUT2D eigenvalue weighted by Gasteiger charge is -2.11. The molecule has 100 valence electrons. The minimum Gasteiger partial charge on any atom is -0.454 e. The Balaban J connectivity index is 2.23. The van der Waals surface area contributed by atoms with Crippen molar-refractivity contribution in [2.75, 3.05) is 7.05 Å². The van der Waals surface area contributed by atoms with E-state index in [4.69, 9.17) is 4.74 Å². The minimum absolute atomic E-state index is 0.256. The van der Waals surface area contributed by atoms with Crippen molar-refractivity contribution in [3.8, 4) is 11.5 Å². The molecule has 0 aliphatic rings. The third-order valence-corrected chi connectivity index (χ3v) is 2.93. The molecular formula is C16H18FNO. The van der Waals surface area contributed by atoms with Crippen molar-refractivity contribution in [1.29, 1.82) is 0 Å². The summed E-state index contributed by atoms with van der Waals surface area (Å²) in [5.41, 5.74) is 3.06. The fraction of sp³-hybridized carbons (Fsp3) is 0.250. The summed E-state index contributed by atoms with van der Waals surface area (Å²) in [5, 5.41) is 2.99. The van der Waals surface area contributed by atoms with Crippen LogP contribution >= 0.6 is 0 Å². The Kier molecular flexibility index (Phi) is 4.17. The van der Waals surface area contributed by atoms with E-state index in [9.17, 15) is 4.39 Å². The smallest absolute Gasteiger partial charge is 0.166 e.